The zero-order valence-electron chi connectivity index (χ0n) is 11.7. The lowest BCUT2D eigenvalue weighted by molar-refractivity contribution is -0.129. The Labute approximate surface area is 129 Å². The van der Waals surface area contributed by atoms with E-state index < -0.39 is 5.54 Å². The molecule has 6 heteroatoms. The van der Waals surface area contributed by atoms with Gasteiger partial charge >= 0.3 is 0 Å². The van der Waals surface area contributed by atoms with Gasteiger partial charge in [0, 0.05) is 18.3 Å². The lowest BCUT2D eigenvalue weighted by atomic mass is 9.77. The molecule has 3 rings (SSSR count). The maximum atomic E-state index is 11.9. The molecule has 21 heavy (non-hydrogen) atoms. The molecular formula is C15H19ClN4O. The quantitative estimate of drug-likeness (QED) is 0.904. The third-order valence-corrected chi connectivity index (χ3v) is 3.81. The lowest BCUT2D eigenvalue weighted by Crippen LogP contribution is -2.58. The summed E-state index contributed by atoms with van der Waals surface area (Å²) in [5, 5.41) is 7.18. The molecule has 0 spiro atoms. The van der Waals surface area contributed by atoms with Gasteiger partial charge in [-0.15, -0.1) is 12.4 Å². The van der Waals surface area contributed by atoms with Crippen molar-refractivity contribution in [1.82, 2.24) is 15.1 Å². The maximum absolute atomic E-state index is 11.9. The molecule has 0 aliphatic heterocycles. The van der Waals surface area contributed by atoms with Gasteiger partial charge in [0.15, 0.2) is 0 Å². The van der Waals surface area contributed by atoms with Gasteiger partial charge < -0.3 is 11.1 Å². The number of nitrogens with zero attached hydrogens (tertiary/aromatic N) is 2. The molecule has 0 saturated heterocycles. The number of amides is 1. The van der Waals surface area contributed by atoms with E-state index in [1.165, 1.54) is 0 Å². The largest absolute Gasteiger partial charge is 0.350 e. The van der Waals surface area contributed by atoms with Crippen LogP contribution >= 0.6 is 12.4 Å². The van der Waals surface area contributed by atoms with Gasteiger partial charge in [-0.1, -0.05) is 18.2 Å². The number of nitrogens with one attached hydrogen (secondary N) is 1. The van der Waals surface area contributed by atoms with Crippen LogP contribution in [0, 0.1) is 0 Å². The molecule has 5 nitrogen and oxygen atoms in total. The molecule has 1 aliphatic rings. The number of halogens is 1. The van der Waals surface area contributed by atoms with E-state index in [9.17, 15) is 4.79 Å². The summed E-state index contributed by atoms with van der Waals surface area (Å²) in [5.41, 5.74) is 7.29. The van der Waals surface area contributed by atoms with Crippen LogP contribution in [0.3, 0.4) is 0 Å². The van der Waals surface area contributed by atoms with Crippen LogP contribution in [-0.2, 0) is 11.3 Å². The number of carbonyl (C=O) groups is 1. The van der Waals surface area contributed by atoms with Gasteiger partial charge in [0.25, 0.3) is 0 Å². The number of nitrogens with two attached hydrogens (primary N) is 1. The fourth-order valence-electron chi connectivity index (χ4n) is 2.32. The summed E-state index contributed by atoms with van der Waals surface area (Å²) in [4.78, 5) is 11.9. The Kier molecular flexibility index (Phi) is 4.65. The Morgan fingerprint density at radius 3 is 2.67 bits per heavy atom. The van der Waals surface area contributed by atoms with Crippen LogP contribution in [0.2, 0.25) is 0 Å². The molecule has 112 valence electrons. The van der Waals surface area contributed by atoms with Gasteiger partial charge in [0.1, 0.15) is 0 Å². The van der Waals surface area contributed by atoms with E-state index in [1.807, 2.05) is 36.5 Å². The highest BCUT2D eigenvalue weighted by Gasteiger charge is 2.39. The molecule has 0 atom stereocenters. The monoisotopic (exact) mass is 306 g/mol. The highest BCUT2D eigenvalue weighted by molar-refractivity contribution is 5.86. The molecule has 0 radical (unpaired) electrons. The Hall–Kier alpha value is -1.85. The molecule has 2 aromatic rings. The second kappa shape index (κ2) is 6.28. The van der Waals surface area contributed by atoms with Crippen LogP contribution < -0.4 is 11.1 Å². The van der Waals surface area contributed by atoms with E-state index in [2.05, 4.69) is 10.4 Å². The molecule has 0 bridgehead atoms. The summed E-state index contributed by atoms with van der Waals surface area (Å²) in [6.45, 7) is 0.463. The standard InChI is InChI=1S/C15H18N4O.ClH/c16-15(7-4-8-15)14(20)17-9-12-10-18-19(11-12)13-5-2-1-3-6-13;/h1-3,5-6,10-11H,4,7-9,16H2,(H,17,20);1H. The summed E-state index contributed by atoms with van der Waals surface area (Å²) < 4.78 is 1.79. The molecule has 1 saturated carbocycles. The lowest BCUT2D eigenvalue weighted by Gasteiger charge is -2.36. The van der Waals surface area contributed by atoms with Crippen molar-refractivity contribution in [2.24, 2.45) is 5.73 Å². The van der Waals surface area contributed by atoms with Crippen LogP contribution in [0.1, 0.15) is 24.8 Å². The van der Waals surface area contributed by atoms with Crippen molar-refractivity contribution in [2.45, 2.75) is 31.3 Å². The van der Waals surface area contributed by atoms with E-state index in [1.54, 1.807) is 10.9 Å². The average Bonchev–Trinajstić information content (AvgIpc) is 2.92. The van der Waals surface area contributed by atoms with E-state index in [0.717, 1.165) is 30.5 Å². The average molecular weight is 307 g/mol. The van der Waals surface area contributed by atoms with Crippen molar-refractivity contribution in [3.8, 4) is 5.69 Å². The molecule has 1 aromatic heterocycles. The predicted molar refractivity (Wildman–Crippen MR) is 83.4 cm³/mol. The minimum atomic E-state index is -0.643. The second-order valence-electron chi connectivity index (χ2n) is 5.32. The Morgan fingerprint density at radius 2 is 2.05 bits per heavy atom. The molecule has 1 aliphatic carbocycles. The Balaban J connectivity index is 0.00000161. The number of para-hydroxylation sites is 1. The smallest absolute Gasteiger partial charge is 0.240 e. The van der Waals surface area contributed by atoms with Crippen molar-refractivity contribution < 1.29 is 4.79 Å². The van der Waals surface area contributed by atoms with Crippen molar-refractivity contribution in [3.63, 3.8) is 0 Å². The first-order valence-corrected chi connectivity index (χ1v) is 6.84. The topological polar surface area (TPSA) is 72.9 Å². The van der Waals surface area contributed by atoms with Gasteiger partial charge in [-0.2, -0.15) is 5.10 Å². The van der Waals surface area contributed by atoms with Gasteiger partial charge in [0.2, 0.25) is 5.91 Å². The van der Waals surface area contributed by atoms with Gasteiger partial charge in [-0.3, -0.25) is 4.79 Å². The fraction of sp³-hybridized carbons (Fsp3) is 0.333. The van der Waals surface area contributed by atoms with Gasteiger partial charge in [-0.25, -0.2) is 4.68 Å². The summed E-state index contributed by atoms with van der Waals surface area (Å²) in [6, 6.07) is 9.87. The highest BCUT2D eigenvalue weighted by atomic mass is 35.5. The minimum absolute atomic E-state index is 0. The second-order valence-corrected chi connectivity index (χ2v) is 5.32. The van der Waals surface area contributed by atoms with E-state index in [-0.39, 0.29) is 18.3 Å². The van der Waals surface area contributed by atoms with E-state index >= 15 is 0 Å². The summed E-state index contributed by atoms with van der Waals surface area (Å²) in [6.07, 6.45) is 6.27. The highest BCUT2D eigenvalue weighted by Crippen LogP contribution is 2.29. The number of carbonyl (C=O) groups excluding carboxylic acids is 1. The first-order chi connectivity index (χ1) is 9.67. The zero-order valence-corrected chi connectivity index (χ0v) is 12.5. The first-order valence-electron chi connectivity index (χ1n) is 6.84. The van der Waals surface area contributed by atoms with Crippen molar-refractivity contribution in [3.05, 3.63) is 48.3 Å². The van der Waals surface area contributed by atoms with Crippen LogP contribution in [0.5, 0.6) is 0 Å². The summed E-state index contributed by atoms with van der Waals surface area (Å²) in [5.74, 6) is -0.0591. The normalized spacial score (nSPS) is 15.7. The van der Waals surface area contributed by atoms with Crippen molar-refractivity contribution in [1.29, 1.82) is 0 Å². The van der Waals surface area contributed by atoms with Crippen LogP contribution in [-0.4, -0.2) is 21.2 Å². The third-order valence-electron chi connectivity index (χ3n) is 3.81. The predicted octanol–water partition coefficient (Wildman–Crippen LogP) is 1.79. The van der Waals surface area contributed by atoms with Crippen LogP contribution in [0.25, 0.3) is 5.69 Å². The summed E-state index contributed by atoms with van der Waals surface area (Å²) >= 11 is 0. The first kappa shape index (κ1) is 15.5. The third kappa shape index (κ3) is 3.25. The zero-order chi connectivity index (χ0) is 14.0. The van der Waals surface area contributed by atoms with Crippen LogP contribution in [0.15, 0.2) is 42.7 Å². The Bertz CT molecular complexity index is 607. The summed E-state index contributed by atoms with van der Waals surface area (Å²) in [7, 11) is 0. The molecule has 1 heterocycles. The fourth-order valence-corrected chi connectivity index (χ4v) is 2.32. The molecule has 0 unspecified atom stereocenters. The SMILES string of the molecule is Cl.NC1(C(=O)NCc2cnn(-c3ccccc3)c2)CCC1. The molecule has 1 aromatic carbocycles. The number of aromatic nitrogens is 2. The van der Waals surface area contributed by atoms with Gasteiger partial charge in [-0.05, 0) is 31.4 Å². The molecule has 1 amide bonds. The van der Waals surface area contributed by atoms with Gasteiger partial charge in [0.05, 0.1) is 17.4 Å². The van der Waals surface area contributed by atoms with Crippen LogP contribution in [0.4, 0.5) is 0 Å². The molecule has 3 N–H and O–H groups in total. The number of hydrogen-bond acceptors (Lipinski definition) is 3. The maximum Gasteiger partial charge on any atom is 0.240 e. The Morgan fingerprint density at radius 1 is 1.33 bits per heavy atom. The minimum Gasteiger partial charge on any atom is -0.350 e. The molecular weight excluding hydrogens is 288 g/mol. The van der Waals surface area contributed by atoms with Crippen molar-refractivity contribution >= 4 is 18.3 Å². The van der Waals surface area contributed by atoms with Crippen molar-refractivity contribution in [2.75, 3.05) is 0 Å². The molecule has 1 fully saturated rings. The number of hydrogen-bond donors (Lipinski definition) is 2. The van der Waals surface area contributed by atoms with E-state index in [4.69, 9.17) is 5.73 Å². The number of rotatable bonds is 4. The van der Waals surface area contributed by atoms with E-state index in [0.29, 0.717) is 6.54 Å². The number of benzene rings is 1.